The molecule has 3 rings (SSSR count). The van der Waals surface area contributed by atoms with Crippen molar-refractivity contribution in [1.82, 2.24) is 0 Å². The molecule has 142 valence electrons. The van der Waals surface area contributed by atoms with E-state index in [1.54, 1.807) is 51.1 Å². The number of rotatable bonds is 3. The summed E-state index contributed by atoms with van der Waals surface area (Å²) in [5.74, 6) is 0.187. The van der Waals surface area contributed by atoms with Gasteiger partial charge in [0.1, 0.15) is 5.76 Å². The van der Waals surface area contributed by atoms with E-state index in [1.165, 1.54) is 6.07 Å². The van der Waals surface area contributed by atoms with Crippen LogP contribution in [0.4, 0.5) is 0 Å². The summed E-state index contributed by atoms with van der Waals surface area (Å²) in [6.07, 6.45) is 1.16. The average molecular weight is 425 g/mol. The molecule has 1 heterocycles. The van der Waals surface area contributed by atoms with E-state index in [9.17, 15) is 13.2 Å². The van der Waals surface area contributed by atoms with Gasteiger partial charge in [0.05, 0.1) is 10.5 Å². The zero-order valence-corrected chi connectivity index (χ0v) is 17.6. The second-order valence-corrected chi connectivity index (χ2v) is 9.91. The Morgan fingerprint density at radius 2 is 1.56 bits per heavy atom. The highest BCUT2D eigenvalue weighted by Gasteiger charge is 2.43. The lowest BCUT2D eigenvalue weighted by atomic mass is 9.92. The number of benzene rings is 2. The molecule has 0 N–H and O–H groups in total. The second-order valence-electron chi connectivity index (χ2n) is 7.06. The Balaban J connectivity index is 2.25. The molecule has 0 fully saturated rings. The van der Waals surface area contributed by atoms with E-state index in [1.807, 2.05) is 0 Å². The monoisotopic (exact) mass is 424 g/mol. The summed E-state index contributed by atoms with van der Waals surface area (Å²) < 4.78 is 29.7. The predicted octanol–water partition coefficient (Wildman–Crippen LogP) is 4.95. The molecule has 0 spiro atoms. The largest absolute Gasteiger partial charge is 0.478 e. The molecule has 0 aromatic heterocycles. The molecule has 0 unspecified atom stereocenters. The molecule has 0 aliphatic carbocycles. The van der Waals surface area contributed by atoms with E-state index in [4.69, 9.17) is 27.9 Å². The predicted molar refractivity (Wildman–Crippen MR) is 108 cm³/mol. The van der Waals surface area contributed by atoms with Gasteiger partial charge in [0, 0.05) is 21.9 Å². The van der Waals surface area contributed by atoms with Crippen LogP contribution in [-0.4, -0.2) is 26.1 Å². The first-order chi connectivity index (χ1) is 12.4. The Bertz CT molecular complexity index is 1080. The van der Waals surface area contributed by atoms with Gasteiger partial charge in [-0.25, -0.2) is 8.42 Å². The zero-order valence-electron chi connectivity index (χ0n) is 15.3. The van der Waals surface area contributed by atoms with Crippen LogP contribution in [0.5, 0.6) is 0 Å². The van der Waals surface area contributed by atoms with Gasteiger partial charge >= 0.3 is 0 Å². The van der Waals surface area contributed by atoms with Crippen molar-refractivity contribution < 1.29 is 17.9 Å². The van der Waals surface area contributed by atoms with Crippen LogP contribution in [0.2, 0.25) is 10.0 Å². The van der Waals surface area contributed by atoms with Crippen LogP contribution in [0.1, 0.15) is 30.5 Å². The van der Waals surface area contributed by atoms with Gasteiger partial charge in [-0.15, -0.1) is 0 Å². The third kappa shape index (κ3) is 3.77. The number of hydrogen-bond acceptors (Lipinski definition) is 4. The smallest absolute Gasteiger partial charge is 0.210 e. The minimum atomic E-state index is -3.34. The molecular formula is C20H18Cl2O4S. The third-order valence-electron chi connectivity index (χ3n) is 4.35. The summed E-state index contributed by atoms with van der Waals surface area (Å²) in [4.78, 5) is 13.2. The Kier molecular flexibility index (Phi) is 4.91. The summed E-state index contributed by atoms with van der Waals surface area (Å²) in [6.45, 7) is 5.08. The molecular weight excluding hydrogens is 407 g/mol. The first-order valence-corrected chi connectivity index (χ1v) is 10.8. The van der Waals surface area contributed by atoms with Crippen LogP contribution in [-0.2, 0) is 19.4 Å². The van der Waals surface area contributed by atoms with E-state index in [-0.39, 0.29) is 10.7 Å². The van der Waals surface area contributed by atoms with Gasteiger partial charge in [0.2, 0.25) is 5.78 Å². The minimum Gasteiger partial charge on any atom is -0.478 e. The topological polar surface area (TPSA) is 60.4 Å². The third-order valence-corrected chi connectivity index (χ3v) is 6.04. The highest BCUT2D eigenvalue weighted by molar-refractivity contribution is 7.90. The number of Topliss-reactive ketones (excluding diaryl/α,β-unsaturated/α-hetero) is 1. The number of sulfone groups is 1. The normalized spacial score (nSPS) is 16.6. The van der Waals surface area contributed by atoms with E-state index < -0.39 is 15.4 Å². The quantitative estimate of drug-likeness (QED) is 0.698. The summed E-state index contributed by atoms with van der Waals surface area (Å²) in [7, 11) is -3.34. The van der Waals surface area contributed by atoms with E-state index >= 15 is 0 Å². The van der Waals surface area contributed by atoms with Crippen LogP contribution in [0.15, 0.2) is 41.3 Å². The van der Waals surface area contributed by atoms with Crippen molar-refractivity contribution in [1.29, 1.82) is 0 Å². The van der Waals surface area contributed by atoms with Crippen LogP contribution in [0.25, 0.3) is 11.3 Å². The molecule has 0 saturated carbocycles. The summed E-state index contributed by atoms with van der Waals surface area (Å²) >= 11 is 12.2. The first-order valence-electron chi connectivity index (χ1n) is 8.16. The molecule has 2 aromatic carbocycles. The molecule has 1 aliphatic rings. The summed E-state index contributed by atoms with van der Waals surface area (Å²) in [5, 5.41) is 0.816. The van der Waals surface area contributed by atoms with Gasteiger partial charge in [-0.3, -0.25) is 4.79 Å². The van der Waals surface area contributed by atoms with Gasteiger partial charge < -0.3 is 4.74 Å². The van der Waals surface area contributed by atoms with Crippen molar-refractivity contribution >= 4 is 50.2 Å². The maximum Gasteiger partial charge on any atom is 0.210 e. The number of carbonyl (C=O) groups is 1. The van der Waals surface area contributed by atoms with E-state index in [0.717, 1.165) is 6.26 Å². The number of ether oxygens (including phenoxy) is 1. The first kappa shape index (κ1) is 19.9. The fraction of sp³-hybridized carbons (Fsp3) is 0.250. The minimum absolute atomic E-state index is 0.194. The molecule has 0 radical (unpaired) electrons. The van der Waals surface area contributed by atoms with Gasteiger partial charge in [0.15, 0.2) is 15.4 Å². The molecule has 1 aliphatic heterocycles. The standard InChI is InChI=1S/C20H18Cl2O4S/c1-11-7-12(5-6-16(11)27(4,24)25)18-17(19(23)20(2,3)26-18)13-8-14(21)10-15(22)9-13/h5-10H,1-4H3. The molecule has 0 atom stereocenters. The average Bonchev–Trinajstić information content (AvgIpc) is 2.75. The van der Waals surface area contributed by atoms with Crippen molar-refractivity contribution in [3.8, 4) is 0 Å². The van der Waals surface area contributed by atoms with Crippen molar-refractivity contribution in [3.05, 3.63) is 63.1 Å². The van der Waals surface area contributed by atoms with Crippen molar-refractivity contribution in [2.75, 3.05) is 6.26 Å². The van der Waals surface area contributed by atoms with Crippen molar-refractivity contribution in [2.45, 2.75) is 31.3 Å². The van der Waals surface area contributed by atoms with E-state index in [2.05, 4.69) is 0 Å². The highest BCUT2D eigenvalue weighted by atomic mass is 35.5. The Morgan fingerprint density at radius 1 is 0.963 bits per heavy atom. The number of hydrogen-bond donors (Lipinski definition) is 0. The molecule has 27 heavy (non-hydrogen) atoms. The second kappa shape index (κ2) is 6.66. The Labute approximate surface area is 168 Å². The van der Waals surface area contributed by atoms with Gasteiger partial charge in [0.25, 0.3) is 0 Å². The summed E-state index contributed by atoms with van der Waals surface area (Å²) in [6, 6.07) is 9.76. The molecule has 2 aromatic rings. The van der Waals surface area contributed by atoms with E-state index in [0.29, 0.717) is 38.1 Å². The zero-order chi connectivity index (χ0) is 20.1. The van der Waals surface area contributed by atoms with Crippen LogP contribution >= 0.6 is 23.2 Å². The van der Waals surface area contributed by atoms with Crippen molar-refractivity contribution in [2.24, 2.45) is 0 Å². The number of carbonyl (C=O) groups excluding carboxylic acids is 1. The Hall–Kier alpha value is -1.82. The molecule has 7 heteroatoms. The summed E-state index contributed by atoms with van der Waals surface area (Å²) in [5.41, 5.74) is 1.07. The molecule has 0 saturated heterocycles. The van der Waals surface area contributed by atoms with Crippen LogP contribution < -0.4 is 0 Å². The molecule has 0 amide bonds. The maximum absolute atomic E-state index is 13.0. The molecule has 0 bridgehead atoms. The number of halogens is 2. The maximum atomic E-state index is 13.0. The van der Waals surface area contributed by atoms with Crippen molar-refractivity contribution in [3.63, 3.8) is 0 Å². The van der Waals surface area contributed by atoms with Crippen LogP contribution in [0, 0.1) is 6.92 Å². The number of aryl methyl sites for hydroxylation is 1. The lowest BCUT2D eigenvalue weighted by Crippen LogP contribution is -2.29. The van der Waals surface area contributed by atoms with Gasteiger partial charge in [-0.2, -0.15) is 0 Å². The lowest BCUT2D eigenvalue weighted by Gasteiger charge is -2.18. The highest BCUT2D eigenvalue weighted by Crippen LogP contribution is 2.42. The number of ketones is 1. The Morgan fingerprint density at radius 3 is 2.07 bits per heavy atom. The van der Waals surface area contributed by atoms with Gasteiger partial charge in [-0.05, 0) is 68.3 Å². The molecule has 4 nitrogen and oxygen atoms in total. The SMILES string of the molecule is Cc1cc(C2=C(c3cc(Cl)cc(Cl)c3)C(=O)C(C)(C)O2)ccc1S(C)(=O)=O. The lowest BCUT2D eigenvalue weighted by molar-refractivity contribution is -0.125. The fourth-order valence-corrected chi connectivity index (χ4v) is 4.61. The van der Waals surface area contributed by atoms with Crippen LogP contribution in [0.3, 0.4) is 0 Å². The fourth-order valence-electron chi connectivity index (χ4n) is 3.13. The van der Waals surface area contributed by atoms with Gasteiger partial charge in [-0.1, -0.05) is 23.2 Å².